The van der Waals surface area contributed by atoms with E-state index in [2.05, 4.69) is 6.08 Å². The number of fused-ring (bicyclic) bond motifs is 1. The van der Waals surface area contributed by atoms with Crippen molar-refractivity contribution in [1.29, 1.82) is 0 Å². The van der Waals surface area contributed by atoms with Gasteiger partial charge in [0.05, 0.1) is 12.7 Å². The lowest BCUT2D eigenvalue weighted by molar-refractivity contribution is 0.364. The summed E-state index contributed by atoms with van der Waals surface area (Å²) in [5.41, 5.74) is 1.48. The number of hydrogen-bond donors (Lipinski definition) is 0. The zero-order valence-corrected chi connectivity index (χ0v) is 5.04. The molecule has 0 aromatic rings. The van der Waals surface area contributed by atoms with Gasteiger partial charge in [-0.2, -0.15) is 0 Å². The molecule has 3 rings (SSSR count). The molecule has 0 bridgehead atoms. The molecule has 0 aromatic carbocycles. The molecule has 3 atom stereocenters. The Labute approximate surface area is 53.4 Å². The van der Waals surface area contributed by atoms with E-state index in [9.17, 15) is 0 Å². The van der Waals surface area contributed by atoms with E-state index < -0.39 is 0 Å². The third-order valence-corrected chi connectivity index (χ3v) is 2.18. The van der Waals surface area contributed by atoms with E-state index in [0.29, 0.717) is 18.3 Å². The molecule has 3 aliphatic rings. The summed E-state index contributed by atoms with van der Waals surface area (Å²) in [6, 6.07) is 0. The second kappa shape index (κ2) is 1.22. The Morgan fingerprint density at radius 1 is 1.56 bits per heavy atom. The lowest BCUT2D eigenvalue weighted by Crippen LogP contribution is -1.92. The van der Waals surface area contributed by atoms with Crippen LogP contribution >= 0.6 is 0 Å². The molecule has 0 aromatic heterocycles. The lowest BCUT2D eigenvalue weighted by Gasteiger charge is -1.93. The van der Waals surface area contributed by atoms with Crippen molar-refractivity contribution in [3.05, 3.63) is 11.6 Å². The van der Waals surface area contributed by atoms with E-state index in [4.69, 9.17) is 9.47 Å². The lowest BCUT2D eigenvalue weighted by atomic mass is 10.2. The molecule has 0 amide bonds. The van der Waals surface area contributed by atoms with Crippen LogP contribution in [0.1, 0.15) is 6.42 Å². The average Bonchev–Trinajstić information content (AvgIpc) is 2.72. The molecule has 1 aliphatic carbocycles. The number of rotatable bonds is 1. The first-order valence-corrected chi connectivity index (χ1v) is 3.41. The van der Waals surface area contributed by atoms with Crippen LogP contribution in [-0.2, 0) is 9.47 Å². The Balaban J connectivity index is 1.84. The molecule has 2 fully saturated rings. The molecule has 0 radical (unpaired) electrons. The van der Waals surface area contributed by atoms with Gasteiger partial charge >= 0.3 is 0 Å². The number of hydrogen-bond acceptors (Lipinski definition) is 2. The van der Waals surface area contributed by atoms with Crippen LogP contribution in [0.5, 0.6) is 0 Å². The van der Waals surface area contributed by atoms with Crippen molar-refractivity contribution < 1.29 is 9.47 Å². The maximum atomic E-state index is 5.23. The first-order chi connectivity index (χ1) is 4.43. The summed E-state index contributed by atoms with van der Waals surface area (Å²) in [6.45, 7) is 0.950. The van der Waals surface area contributed by atoms with Crippen LogP contribution in [0.3, 0.4) is 0 Å². The van der Waals surface area contributed by atoms with E-state index in [-0.39, 0.29) is 0 Å². The summed E-state index contributed by atoms with van der Waals surface area (Å²) in [5, 5.41) is 0. The van der Waals surface area contributed by atoms with Crippen molar-refractivity contribution in [3.63, 3.8) is 0 Å². The van der Waals surface area contributed by atoms with Crippen LogP contribution in [0.15, 0.2) is 11.6 Å². The maximum Gasteiger partial charge on any atom is 0.103 e. The van der Waals surface area contributed by atoms with Crippen molar-refractivity contribution in [2.75, 3.05) is 6.61 Å². The maximum absolute atomic E-state index is 5.23. The highest BCUT2D eigenvalue weighted by molar-refractivity contribution is 5.27. The summed E-state index contributed by atoms with van der Waals surface area (Å²) in [7, 11) is 0. The Morgan fingerprint density at radius 3 is 3.00 bits per heavy atom. The third kappa shape index (κ3) is 0.575. The molecule has 0 N–H and O–H groups in total. The van der Waals surface area contributed by atoms with Gasteiger partial charge in [-0.3, -0.25) is 0 Å². The largest absolute Gasteiger partial charge is 0.368 e. The average molecular weight is 124 g/mol. The van der Waals surface area contributed by atoms with Crippen molar-refractivity contribution in [3.8, 4) is 0 Å². The Morgan fingerprint density at radius 2 is 2.44 bits per heavy atom. The highest BCUT2D eigenvalue weighted by Crippen LogP contribution is 2.41. The standard InChI is InChI=1S/C7H8O2/c1-4(7-3-8-7)2-6-5(1)9-6/h1,5-7H,2-3H2. The predicted molar refractivity (Wildman–Crippen MR) is 31.1 cm³/mol. The zero-order valence-electron chi connectivity index (χ0n) is 5.04. The number of ether oxygens (including phenoxy) is 2. The van der Waals surface area contributed by atoms with Crippen LogP contribution in [0.25, 0.3) is 0 Å². The fraction of sp³-hybridized carbons (Fsp3) is 0.714. The minimum absolute atomic E-state index is 0.476. The normalized spacial score (nSPS) is 52.4. The summed E-state index contributed by atoms with van der Waals surface area (Å²) in [4.78, 5) is 0. The minimum atomic E-state index is 0.476. The van der Waals surface area contributed by atoms with Crippen LogP contribution < -0.4 is 0 Å². The fourth-order valence-electron chi connectivity index (χ4n) is 1.48. The van der Waals surface area contributed by atoms with Crippen molar-refractivity contribution in [1.82, 2.24) is 0 Å². The van der Waals surface area contributed by atoms with Gasteiger partial charge in [-0.25, -0.2) is 0 Å². The predicted octanol–water partition coefficient (Wildman–Crippen LogP) is 0.483. The van der Waals surface area contributed by atoms with Crippen LogP contribution in [0.4, 0.5) is 0 Å². The topological polar surface area (TPSA) is 25.1 Å². The molecule has 2 nitrogen and oxygen atoms in total. The van der Waals surface area contributed by atoms with E-state index in [1.807, 2.05) is 0 Å². The van der Waals surface area contributed by atoms with Crippen molar-refractivity contribution in [2.45, 2.75) is 24.7 Å². The monoisotopic (exact) mass is 124 g/mol. The molecule has 0 saturated carbocycles. The van der Waals surface area contributed by atoms with Crippen LogP contribution in [0, 0.1) is 0 Å². The van der Waals surface area contributed by atoms with Gasteiger partial charge in [0.1, 0.15) is 12.2 Å². The first kappa shape index (κ1) is 4.47. The van der Waals surface area contributed by atoms with Gasteiger partial charge in [-0.05, 0) is 5.57 Å². The second-order valence-corrected chi connectivity index (χ2v) is 2.91. The molecule has 2 saturated heterocycles. The molecule has 2 aliphatic heterocycles. The van der Waals surface area contributed by atoms with Gasteiger partial charge in [0.25, 0.3) is 0 Å². The molecule has 48 valence electrons. The Hall–Kier alpha value is -0.340. The van der Waals surface area contributed by atoms with Gasteiger partial charge in [0.15, 0.2) is 0 Å². The van der Waals surface area contributed by atoms with E-state index in [0.717, 1.165) is 13.0 Å². The van der Waals surface area contributed by atoms with Crippen molar-refractivity contribution >= 4 is 0 Å². The van der Waals surface area contributed by atoms with Gasteiger partial charge < -0.3 is 9.47 Å². The minimum Gasteiger partial charge on any atom is -0.368 e. The summed E-state index contributed by atoms with van der Waals surface area (Å²) in [6.07, 6.45) is 4.87. The van der Waals surface area contributed by atoms with E-state index in [1.54, 1.807) is 0 Å². The van der Waals surface area contributed by atoms with Gasteiger partial charge in [-0.1, -0.05) is 6.08 Å². The molecule has 0 spiro atoms. The van der Waals surface area contributed by atoms with Gasteiger partial charge in [0, 0.05) is 6.42 Å². The quantitative estimate of drug-likeness (QED) is 0.375. The first-order valence-electron chi connectivity index (χ1n) is 3.41. The Bertz CT molecular complexity index is 181. The number of epoxide rings is 2. The molecular formula is C7H8O2. The summed E-state index contributed by atoms with van der Waals surface area (Å²) in [5.74, 6) is 0. The van der Waals surface area contributed by atoms with Gasteiger partial charge in [-0.15, -0.1) is 0 Å². The van der Waals surface area contributed by atoms with Gasteiger partial charge in [0.2, 0.25) is 0 Å². The highest BCUT2D eigenvalue weighted by atomic mass is 16.6. The smallest absolute Gasteiger partial charge is 0.103 e. The SMILES string of the molecule is C1=C(C2CO2)CC2OC12. The van der Waals surface area contributed by atoms with Crippen LogP contribution in [0.2, 0.25) is 0 Å². The summed E-state index contributed by atoms with van der Waals surface area (Å²) >= 11 is 0. The van der Waals surface area contributed by atoms with Crippen LogP contribution in [-0.4, -0.2) is 24.9 Å². The van der Waals surface area contributed by atoms with E-state index >= 15 is 0 Å². The zero-order chi connectivity index (χ0) is 5.84. The summed E-state index contributed by atoms with van der Waals surface area (Å²) < 4.78 is 10.4. The molecule has 3 unspecified atom stereocenters. The third-order valence-electron chi connectivity index (χ3n) is 2.18. The highest BCUT2D eigenvalue weighted by Gasteiger charge is 2.46. The fourth-order valence-corrected chi connectivity index (χ4v) is 1.48. The molecular weight excluding hydrogens is 116 g/mol. The Kier molecular flexibility index (Phi) is 0.608. The van der Waals surface area contributed by atoms with E-state index in [1.165, 1.54) is 5.57 Å². The second-order valence-electron chi connectivity index (χ2n) is 2.91. The molecule has 9 heavy (non-hydrogen) atoms. The molecule has 2 heterocycles. The van der Waals surface area contributed by atoms with Crippen molar-refractivity contribution in [2.24, 2.45) is 0 Å². The molecule has 2 heteroatoms.